The number of nitrogens with one attached hydrogen (secondary N) is 2. The molecule has 1 aliphatic rings. The predicted molar refractivity (Wildman–Crippen MR) is 78.4 cm³/mol. The number of piperidine rings is 1. The van der Waals surface area contributed by atoms with Crippen LogP contribution in [-0.2, 0) is 10.0 Å². The molecule has 20 heavy (non-hydrogen) atoms. The summed E-state index contributed by atoms with van der Waals surface area (Å²) in [7, 11) is -3.71. The van der Waals surface area contributed by atoms with Crippen molar-refractivity contribution in [3.8, 4) is 0 Å². The maximum Gasteiger partial charge on any atom is 0.251 e. The molecule has 0 aliphatic carbocycles. The quantitative estimate of drug-likeness (QED) is 0.742. The van der Waals surface area contributed by atoms with E-state index >= 15 is 0 Å². The van der Waals surface area contributed by atoms with Crippen LogP contribution in [0, 0.1) is 0 Å². The molecule has 0 bridgehead atoms. The number of rotatable bonds is 3. The molecule has 0 atom stereocenters. The van der Waals surface area contributed by atoms with Crippen LogP contribution in [0.25, 0.3) is 0 Å². The van der Waals surface area contributed by atoms with E-state index in [9.17, 15) is 13.2 Å². The molecule has 1 aliphatic heterocycles. The zero-order valence-corrected chi connectivity index (χ0v) is 12.5. The fourth-order valence-corrected chi connectivity index (χ4v) is 2.55. The lowest BCUT2D eigenvalue weighted by molar-refractivity contribution is 0.0929. The fraction of sp³-hybridized carbons (Fsp3) is 0.417. The van der Waals surface area contributed by atoms with Gasteiger partial charge in [0.1, 0.15) is 0 Å². The molecule has 8 heteroatoms. The summed E-state index contributed by atoms with van der Waals surface area (Å²) in [6, 6.07) is 5.79. The number of halogens is 1. The molecule has 2 rings (SSSR count). The summed E-state index contributed by atoms with van der Waals surface area (Å²) in [5.41, 5.74) is 0.436. The Morgan fingerprint density at radius 1 is 1.20 bits per heavy atom. The van der Waals surface area contributed by atoms with E-state index in [0.29, 0.717) is 5.56 Å². The zero-order valence-electron chi connectivity index (χ0n) is 10.8. The van der Waals surface area contributed by atoms with Crippen LogP contribution < -0.4 is 15.8 Å². The average molecular weight is 320 g/mol. The summed E-state index contributed by atoms with van der Waals surface area (Å²) in [6.45, 7) is 1.80. The lowest BCUT2D eigenvalue weighted by Crippen LogP contribution is -2.42. The molecule has 1 heterocycles. The van der Waals surface area contributed by atoms with Gasteiger partial charge in [0.2, 0.25) is 10.0 Å². The number of hydrogen-bond donors (Lipinski definition) is 3. The molecular formula is C12H18ClN3O3S. The molecule has 6 nitrogen and oxygen atoms in total. The minimum absolute atomic E-state index is 0. The van der Waals surface area contributed by atoms with Gasteiger partial charge in [0, 0.05) is 11.6 Å². The lowest BCUT2D eigenvalue weighted by Gasteiger charge is -2.23. The number of sulfonamides is 1. The molecule has 0 unspecified atom stereocenters. The van der Waals surface area contributed by atoms with Crippen molar-refractivity contribution in [2.75, 3.05) is 13.1 Å². The highest BCUT2D eigenvalue weighted by atomic mass is 35.5. The molecule has 4 N–H and O–H groups in total. The summed E-state index contributed by atoms with van der Waals surface area (Å²) in [5.74, 6) is -0.187. The van der Waals surface area contributed by atoms with Crippen molar-refractivity contribution in [3.05, 3.63) is 29.8 Å². The fourth-order valence-electron chi connectivity index (χ4n) is 2.03. The van der Waals surface area contributed by atoms with Crippen molar-refractivity contribution >= 4 is 28.3 Å². The van der Waals surface area contributed by atoms with Crippen LogP contribution in [0.15, 0.2) is 29.2 Å². The predicted octanol–water partition coefficient (Wildman–Crippen LogP) is 0.238. The highest BCUT2D eigenvalue weighted by Crippen LogP contribution is 2.10. The van der Waals surface area contributed by atoms with E-state index in [1.54, 1.807) is 0 Å². The SMILES string of the molecule is Cl.NS(=O)(=O)c1ccc(C(=O)NC2CCNCC2)cc1. The minimum atomic E-state index is -3.71. The van der Waals surface area contributed by atoms with E-state index in [0.717, 1.165) is 25.9 Å². The van der Waals surface area contributed by atoms with Gasteiger partial charge in [-0.05, 0) is 50.2 Å². The summed E-state index contributed by atoms with van der Waals surface area (Å²) < 4.78 is 22.2. The van der Waals surface area contributed by atoms with Gasteiger partial charge in [-0.2, -0.15) is 0 Å². The van der Waals surface area contributed by atoms with Crippen LogP contribution in [0.1, 0.15) is 23.2 Å². The molecule has 1 aromatic rings. The maximum atomic E-state index is 12.0. The van der Waals surface area contributed by atoms with Crippen LogP contribution >= 0.6 is 12.4 Å². The first kappa shape index (κ1) is 16.9. The minimum Gasteiger partial charge on any atom is -0.349 e. The third kappa shape index (κ3) is 4.45. The highest BCUT2D eigenvalue weighted by Gasteiger charge is 2.16. The van der Waals surface area contributed by atoms with E-state index in [4.69, 9.17) is 5.14 Å². The first-order valence-corrected chi connectivity index (χ1v) is 7.66. The van der Waals surface area contributed by atoms with Gasteiger partial charge in [0.15, 0.2) is 0 Å². The molecule has 1 aromatic carbocycles. The van der Waals surface area contributed by atoms with Gasteiger partial charge in [-0.25, -0.2) is 13.6 Å². The highest BCUT2D eigenvalue weighted by molar-refractivity contribution is 7.89. The Hall–Kier alpha value is -1.15. The van der Waals surface area contributed by atoms with E-state index in [2.05, 4.69) is 10.6 Å². The third-order valence-electron chi connectivity index (χ3n) is 3.12. The number of benzene rings is 1. The van der Waals surface area contributed by atoms with E-state index in [-0.39, 0.29) is 29.3 Å². The molecule has 0 aromatic heterocycles. The molecular weight excluding hydrogens is 302 g/mol. The average Bonchev–Trinajstić information content (AvgIpc) is 2.39. The van der Waals surface area contributed by atoms with Gasteiger partial charge < -0.3 is 10.6 Å². The van der Waals surface area contributed by atoms with Crippen molar-refractivity contribution in [1.29, 1.82) is 0 Å². The van der Waals surface area contributed by atoms with Crippen LogP contribution in [0.2, 0.25) is 0 Å². The summed E-state index contributed by atoms with van der Waals surface area (Å²) >= 11 is 0. The first-order chi connectivity index (χ1) is 8.97. The zero-order chi connectivity index (χ0) is 13.9. The monoisotopic (exact) mass is 319 g/mol. The molecule has 0 spiro atoms. The van der Waals surface area contributed by atoms with Crippen molar-refractivity contribution in [1.82, 2.24) is 10.6 Å². The number of primary sulfonamides is 1. The third-order valence-corrected chi connectivity index (χ3v) is 4.05. The Bertz CT molecular complexity index is 554. The van der Waals surface area contributed by atoms with Crippen molar-refractivity contribution in [2.45, 2.75) is 23.8 Å². The second-order valence-corrected chi connectivity index (χ2v) is 6.13. The largest absolute Gasteiger partial charge is 0.349 e. The molecule has 112 valence electrons. The number of hydrogen-bond acceptors (Lipinski definition) is 4. The lowest BCUT2D eigenvalue weighted by atomic mass is 10.1. The Morgan fingerprint density at radius 2 is 1.75 bits per heavy atom. The van der Waals surface area contributed by atoms with Crippen molar-refractivity contribution < 1.29 is 13.2 Å². The summed E-state index contributed by atoms with van der Waals surface area (Å²) in [5, 5.41) is 11.2. The van der Waals surface area contributed by atoms with Crippen LogP contribution in [-0.4, -0.2) is 33.5 Å². The normalized spacial score (nSPS) is 16.2. The molecule has 1 fully saturated rings. The number of carbonyl (C=O) groups is 1. The molecule has 1 amide bonds. The van der Waals surface area contributed by atoms with Crippen LogP contribution in [0.5, 0.6) is 0 Å². The summed E-state index contributed by atoms with van der Waals surface area (Å²) in [6.07, 6.45) is 1.81. The number of carbonyl (C=O) groups excluding carboxylic acids is 1. The first-order valence-electron chi connectivity index (χ1n) is 6.11. The maximum absolute atomic E-state index is 12.0. The van der Waals surface area contributed by atoms with Crippen LogP contribution in [0.4, 0.5) is 0 Å². The smallest absolute Gasteiger partial charge is 0.251 e. The second kappa shape index (κ2) is 7.03. The number of nitrogens with two attached hydrogens (primary N) is 1. The van der Waals surface area contributed by atoms with E-state index in [1.807, 2.05) is 0 Å². The van der Waals surface area contributed by atoms with Crippen LogP contribution in [0.3, 0.4) is 0 Å². The molecule has 0 saturated carbocycles. The Morgan fingerprint density at radius 3 is 2.25 bits per heavy atom. The Labute approximate surface area is 124 Å². The van der Waals surface area contributed by atoms with Crippen molar-refractivity contribution in [2.24, 2.45) is 5.14 Å². The van der Waals surface area contributed by atoms with E-state index in [1.165, 1.54) is 24.3 Å². The van der Waals surface area contributed by atoms with E-state index < -0.39 is 10.0 Å². The van der Waals surface area contributed by atoms with Gasteiger partial charge in [-0.15, -0.1) is 12.4 Å². The Kier molecular flexibility index (Phi) is 5.94. The van der Waals surface area contributed by atoms with Gasteiger partial charge in [0.25, 0.3) is 5.91 Å². The number of amides is 1. The summed E-state index contributed by atoms with van der Waals surface area (Å²) in [4.78, 5) is 12.0. The standard InChI is InChI=1S/C12H17N3O3S.ClH/c13-19(17,18)11-3-1-9(2-4-11)12(16)15-10-5-7-14-8-6-10;/h1-4,10,14H,5-8H2,(H,15,16)(H2,13,17,18);1H. The van der Waals surface area contributed by atoms with Crippen molar-refractivity contribution in [3.63, 3.8) is 0 Å². The molecule has 0 radical (unpaired) electrons. The topological polar surface area (TPSA) is 101 Å². The second-order valence-electron chi connectivity index (χ2n) is 4.57. The van der Waals surface area contributed by atoms with Gasteiger partial charge >= 0.3 is 0 Å². The van der Waals surface area contributed by atoms with Gasteiger partial charge in [-0.1, -0.05) is 0 Å². The van der Waals surface area contributed by atoms with Gasteiger partial charge in [-0.3, -0.25) is 4.79 Å². The molecule has 1 saturated heterocycles. The Balaban J connectivity index is 0.00000200. The van der Waals surface area contributed by atoms with Gasteiger partial charge in [0.05, 0.1) is 4.90 Å².